The number of Topliss-reactive ketones (excluding diaryl/α,β-unsaturated/α-hetero) is 1. The van der Waals surface area contributed by atoms with Crippen LogP contribution in [0.15, 0.2) is 24.3 Å². The number of hydrogen-bond donors (Lipinski definition) is 2. The molecule has 1 aromatic rings. The van der Waals surface area contributed by atoms with Gasteiger partial charge in [0.15, 0.2) is 11.9 Å². The van der Waals surface area contributed by atoms with Gasteiger partial charge in [-0.05, 0) is 44.5 Å². The number of benzene rings is 1. The van der Waals surface area contributed by atoms with Gasteiger partial charge < -0.3 is 14.8 Å². The second-order valence-corrected chi connectivity index (χ2v) is 5.23. The molecule has 8 heteroatoms. The second kappa shape index (κ2) is 10.1. The Morgan fingerprint density at radius 2 is 1.76 bits per heavy atom. The highest BCUT2D eigenvalue weighted by molar-refractivity contribution is 5.97. The van der Waals surface area contributed by atoms with Crippen molar-refractivity contribution in [2.75, 3.05) is 13.7 Å². The molecular weight excluding hydrogens is 328 g/mol. The lowest BCUT2D eigenvalue weighted by molar-refractivity contribution is -0.154. The Bertz CT molecular complexity index is 627. The van der Waals surface area contributed by atoms with Gasteiger partial charge in [-0.25, -0.2) is 4.79 Å². The summed E-state index contributed by atoms with van der Waals surface area (Å²) in [5, 5.41) is 4.25. The number of imide groups is 1. The molecule has 1 atom stereocenters. The van der Waals surface area contributed by atoms with Crippen LogP contribution in [0.2, 0.25) is 0 Å². The van der Waals surface area contributed by atoms with Gasteiger partial charge in [-0.15, -0.1) is 0 Å². The number of carbonyl (C=O) groups excluding carboxylic acids is 4. The lowest BCUT2D eigenvalue weighted by Gasteiger charge is -2.12. The fourth-order valence-electron chi connectivity index (χ4n) is 1.78. The minimum Gasteiger partial charge on any atom is -0.494 e. The molecule has 8 nitrogen and oxygen atoms in total. The van der Waals surface area contributed by atoms with E-state index in [4.69, 9.17) is 9.47 Å². The van der Waals surface area contributed by atoms with Gasteiger partial charge in [0.05, 0.1) is 6.61 Å². The van der Waals surface area contributed by atoms with Gasteiger partial charge in [0.25, 0.3) is 5.91 Å². The number of carbonyl (C=O) groups is 4. The van der Waals surface area contributed by atoms with Crippen LogP contribution in [0.4, 0.5) is 4.79 Å². The van der Waals surface area contributed by atoms with E-state index >= 15 is 0 Å². The number of ketones is 1. The molecule has 0 aliphatic carbocycles. The normalized spacial score (nSPS) is 11.2. The molecule has 0 radical (unpaired) electrons. The number of rotatable bonds is 8. The average molecular weight is 350 g/mol. The predicted octanol–water partition coefficient (Wildman–Crippen LogP) is 1.44. The summed E-state index contributed by atoms with van der Waals surface area (Å²) in [5.74, 6) is -0.690. The summed E-state index contributed by atoms with van der Waals surface area (Å²) in [6.45, 7) is 3.15. The molecule has 0 aliphatic rings. The molecule has 0 aliphatic heterocycles. The largest absolute Gasteiger partial charge is 0.494 e. The van der Waals surface area contributed by atoms with E-state index in [9.17, 15) is 19.2 Å². The zero-order valence-corrected chi connectivity index (χ0v) is 14.5. The lowest BCUT2D eigenvalue weighted by Crippen LogP contribution is -2.43. The van der Waals surface area contributed by atoms with Crippen molar-refractivity contribution in [1.82, 2.24) is 10.6 Å². The van der Waals surface area contributed by atoms with Crippen molar-refractivity contribution in [3.63, 3.8) is 0 Å². The van der Waals surface area contributed by atoms with Gasteiger partial charge in [-0.2, -0.15) is 0 Å². The zero-order valence-electron chi connectivity index (χ0n) is 14.5. The Balaban J connectivity index is 2.26. The highest BCUT2D eigenvalue weighted by atomic mass is 16.5. The molecule has 0 heterocycles. The zero-order chi connectivity index (χ0) is 18.8. The molecule has 3 amide bonds. The summed E-state index contributed by atoms with van der Waals surface area (Å²) in [6.07, 6.45) is -0.593. The van der Waals surface area contributed by atoms with Crippen molar-refractivity contribution < 1.29 is 28.7 Å². The number of urea groups is 1. The van der Waals surface area contributed by atoms with Crippen molar-refractivity contribution in [3.05, 3.63) is 29.8 Å². The third kappa shape index (κ3) is 7.47. The molecule has 0 spiro atoms. The van der Waals surface area contributed by atoms with E-state index in [0.29, 0.717) is 17.7 Å². The van der Waals surface area contributed by atoms with Crippen molar-refractivity contribution in [2.24, 2.45) is 0 Å². The fraction of sp³-hybridized carbons (Fsp3) is 0.412. The molecule has 1 rings (SSSR count). The molecule has 136 valence electrons. The van der Waals surface area contributed by atoms with Crippen molar-refractivity contribution in [3.8, 4) is 5.75 Å². The van der Waals surface area contributed by atoms with E-state index in [-0.39, 0.29) is 18.8 Å². The van der Waals surface area contributed by atoms with E-state index in [1.54, 1.807) is 24.3 Å². The Kier molecular flexibility index (Phi) is 8.11. The number of hydrogen-bond acceptors (Lipinski definition) is 6. The highest BCUT2D eigenvalue weighted by Crippen LogP contribution is 2.13. The van der Waals surface area contributed by atoms with Crippen LogP contribution in [0.1, 0.15) is 37.0 Å². The quantitative estimate of drug-likeness (QED) is 0.417. The summed E-state index contributed by atoms with van der Waals surface area (Å²) in [4.78, 5) is 45.3. The van der Waals surface area contributed by atoms with Crippen molar-refractivity contribution in [1.29, 1.82) is 0 Å². The van der Waals surface area contributed by atoms with Crippen LogP contribution in [0, 0.1) is 0 Å². The second-order valence-electron chi connectivity index (χ2n) is 5.23. The highest BCUT2D eigenvalue weighted by Gasteiger charge is 2.19. The molecule has 2 N–H and O–H groups in total. The SMILES string of the molecule is CNC(=O)NC(=O)[C@@H](C)OC(=O)CCCOc1ccc(C(C)=O)cc1. The summed E-state index contributed by atoms with van der Waals surface area (Å²) in [7, 11) is 1.37. The Morgan fingerprint density at radius 3 is 2.32 bits per heavy atom. The first kappa shape index (κ1) is 20.1. The Morgan fingerprint density at radius 1 is 1.12 bits per heavy atom. The van der Waals surface area contributed by atoms with Crippen LogP contribution in [-0.2, 0) is 14.3 Å². The standard InChI is InChI=1S/C17H22N2O6/c1-11(20)13-6-8-14(9-7-13)24-10-4-5-15(21)25-12(2)16(22)19-17(23)18-3/h6-9,12H,4-5,10H2,1-3H3,(H2,18,19,22,23)/t12-/m1/s1. The summed E-state index contributed by atoms with van der Waals surface area (Å²) < 4.78 is 10.4. The van der Waals surface area contributed by atoms with Gasteiger partial charge in [0, 0.05) is 19.0 Å². The molecule has 0 saturated heterocycles. The third-order valence-electron chi connectivity index (χ3n) is 3.20. The van der Waals surface area contributed by atoms with Crippen LogP contribution in [0.3, 0.4) is 0 Å². The molecule has 0 aromatic heterocycles. The lowest BCUT2D eigenvalue weighted by atomic mass is 10.1. The summed E-state index contributed by atoms with van der Waals surface area (Å²) in [6, 6.07) is 6.02. The van der Waals surface area contributed by atoms with Crippen LogP contribution in [-0.4, -0.2) is 43.4 Å². The van der Waals surface area contributed by atoms with E-state index in [1.807, 2.05) is 5.32 Å². The summed E-state index contributed by atoms with van der Waals surface area (Å²) >= 11 is 0. The maximum Gasteiger partial charge on any atom is 0.321 e. The molecule has 1 aromatic carbocycles. The van der Waals surface area contributed by atoms with E-state index in [2.05, 4.69) is 5.32 Å². The third-order valence-corrected chi connectivity index (χ3v) is 3.20. The maximum absolute atomic E-state index is 11.6. The molecule has 0 saturated carbocycles. The van der Waals surface area contributed by atoms with Crippen LogP contribution >= 0.6 is 0 Å². The van der Waals surface area contributed by atoms with Gasteiger partial charge in [-0.3, -0.25) is 19.7 Å². The van der Waals surface area contributed by atoms with E-state index < -0.39 is 24.0 Å². The predicted molar refractivity (Wildman–Crippen MR) is 89.3 cm³/mol. The van der Waals surface area contributed by atoms with Gasteiger partial charge >= 0.3 is 12.0 Å². The minimum absolute atomic E-state index is 0.0242. The number of esters is 1. The molecule has 0 bridgehead atoms. The van der Waals surface area contributed by atoms with Crippen molar-refractivity contribution >= 4 is 23.7 Å². The van der Waals surface area contributed by atoms with Crippen molar-refractivity contribution in [2.45, 2.75) is 32.8 Å². The monoisotopic (exact) mass is 350 g/mol. The van der Waals surface area contributed by atoms with E-state index in [1.165, 1.54) is 20.9 Å². The number of ether oxygens (including phenoxy) is 2. The first-order valence-corrected chi connectivity index (χ1v) is 7.79. The molecule has 0 unspecified atom stereocenters. The molecular formula is C17H22N2O6. The average Bonchev–Trinajstić information content (AvgIpc) is 2.58. The fourth-order valence-corrected chi connectivity index (χ4v) is 1.78. The first-order valence-electron chi connectivity index (χ1n) is 7.79. The van der Waals surface area contributed by atoms with Crippen LogP contribution in [0.5, 0.6) is 5.75 Å². The summed E-state index contributed by atoms with van der Waals surface area (Å²) in [5.41, 5.74) is 0.597. The smallest absolute Gasteiger partial charge is 0.321 e. The number of amides is 3. The Hall–Kier alpha value is -2.90. The van der Waals surface area contributed by atoms with Gasteiger partial charge in [0.2, 0.25) is 0 Å². The van der Waals surface area contributed by atoms with Gasteiger partial charge in [0.1, 0.15) is 5.75 Å². The number of nitrogens with one attached hydrogen (secondary N) is 2. The first-order chi connectivity index (χ1) is 11.8. The van der Waals surface area contributed by atoms with Crippen LogP contribution < -0.4 is 15.4 Å². The van der Waals surface area contributed by atoms with E-state index in [0.717, 1.165) is 0 Å². The Labute approximate surface area is 145 Å². The molecule has 25 heavy (non-hydrogen) atoms. The minimum atomic E-state index is -1.06. The maximum atomic E-state index is 11.6. The van der Waals surface area contributed by atoms with Gasteiger partial charge in [-0.1, -0.05) is 0 Å². The van der Waals surface area contributed by atoms with Crippen LogP contribution in [0.25, 0.3) is 0 Å². The topological polar surface area (TPSA) is 111 Å². The molecule has 0 fully saturated rings.